The van der Waals surface area contributed by atoms with Crippen LogP contribution >= 0.6 is 11.6 Å². The number of amides is 1. The fourth-order valence-corrected chi connectivity index (χ4v) is 2.15. The van der Waals surface area contributed by atoms with Crippen LogP contribution in [0.5, 0.6) is 5.75 Å². The predicted molar refractivity (Wildman–Crippen MR) is 75.6 cm³/mol. The lowest BCUT2D eigenvalue weighted by Gasteiger charge is -2.33. The molecular weight excluding hydrogens is 278 g/mol. The highest BCUT2D eigenvalue weighted by atomic mass is 35.5. The van der Waals surface area contributed by atoms with Gasteiger partial charge < -0.3 is 9.64 Å². The second-order valence-electron chi connectivity index (χ2n) is 4.56. The average Bonchev–Trinajstić information content (AvgIpc) is 2.47. The highest BCUT2D eigenvalue weighted by Crippen LogP contribution is 2.15. The summed E-state index contributed by atoms with van der Waals surface area (Å²) < 4.78 is 5.43. The van der Waals surface area contributed by atoms with Crippen molar-refractivity contribution in [2.75, 3.05) is 39.3 Å². The number of nitrogens with zero attached hydrogens (tertiary/aromatic N) is 3. The molecular formula is C14H16ClN3O2. The zero-order valence-corrected chi connectivity index (χ0v) is 11.8. The zero-order chi connectivity index (χ0) is 14.4. The Labute approximate surface area is 123 Å². The SMILES string of the molecule is N#CCN1CCN(C(=O)COc2ccc(Cl)cc2)CC1. The lowest BCUT2D eigenvalue weighted by molar-refractivity contribution is -0.135. The lowest BCUT2D eigenvalue weighted by atomic mass is 10.3. The summed E-state index contributed by atoms with van der Waals surface area (Å²) >= 11 is 5.78. The molecule has 1 aromatic rings. The molecule has 0 aromatic heterocycles. The molecule has 6 heteroatoms. The maximum absolute atomic E-state index is 12.0. The van der Waals surface area contributed by atoms with Gasteiger partial charge in [-0.3, -0.25) is 9.69 Å². The van der Waals surface area contributed by atoms with Crippen molar-refractivity contribution in [3.05, 3.63) is 29.3 Å². The molecule has 0 bridgehead atoms. The third-order valence-corrected chi connectivity index (χ3v) is 3.45. The molecule has 20 heavy (non-hydrogen) atoms. The summed E-state index contributed by atoms with van der Waals surface area (Å²) in [5.74, 6) is 0.599. The molecule has 1 amide bonds. The number of rotatable bonds is 4. The summed E-state index contributed by atoms with van der Waals surface area (Å²) in [5, 5.41) is 9.26. The van der Waals surface area contributed by atoms with E-state index in [0.29, 0.717) is 30.4 Å². The minimum atomic E-state index is -0.0310. The van der Waals surface area contributed by atoms with Crippen LogP contribution < -0.4 is 4.74 Å². The van der Waals surface area contributed by atoms with Gasteiger partial charge in [0.2, 0.25) is 0 Å². The number of hydrogen-bond donors (Lipinski definition) is 0. The Morgan fingerprint density at radius 1 is 1.25 bits per heavy atom. The molecule has 2 rings (SSSR count). The van der Waals surface area contributed by atoms with Crippen molar-refractivity contribution in [1.82, 2.24) is 9.80 Å². The fourth-order valence-electron chi connectivity index (χ4n) is 2.02. The van der Waals surface area contributed by atoms with Crippen molar-refractivity contribution in [3.8, 4) is 11.8 Å². The largest absolute Gasteiger partial charge is 0.484 e. The molecule has 0 saturated carbocycles. The Hall–Kier alpha value is -1.77. The number of carbonyl (C=O) groups excluding carboxylic acids is 1. The van der Waals surface area contributed by atoms with Crippen molar-refractivity contribution in [1.29, 1.82) is 5.26 Å². The van der Waals surface area contributed by atoms with E-state index < -0.39 is 0 Å². The minimum Gasteiger partial charge on any atom is -0.484 e. The van der Waals surface area contributed by atoms with Gasteiger partial charge in [0.25, 0.3) is 5.91 Å². The summed E-state index contributed by atoms with van der Waals surface area (Å²) in [6, 6.07) is 9.04. The van der Waals surface area contributed by atoms with E-state index in [2.05, 4.69) is 6.07 Å². The van der Waals surface area contributed by atoms with Crippen LogP contribution in [0.3, 0.4) is 0 Å². The van der Waals surface area contributed by atoms with Crippen LogP contribution in [0.1, 0.15) is 0 Å². The van der Waals surface area contributed by atoms with E-state index in [4.69, 9.17) is 21.6 Å². The summed E-state index contributed by atoms with van der Waals surface area (Å²) in [6.45, 7) is 3.21. The van der Waals surface area contributed by atoms with Gasteiger partial charge in [0.15, 0.2) is 6.61 Å². The number of nitriles is 1. The van der Waals surface area contributed by atoms with Crippen LogP contribution in [0.25, 0.3) is 0 Å². The Balaban J connectivity index is 1.76. The monoisotopic (exact) mass is 293 g/mol. The molecule has 0 aliphatic carbocycles. The van der Waals surface area contributed by atoms with Crippen molar-refractivity contribution >= 4 is 17.5 Å². The molecule has 106 valence electrons. The van der Waals surface area contributed by atoms with Gasteiger partial charge in [-0.15, -0.1) is 0 Å². The number of carbonyl (C=O) groups is 1. The number of hydrogen-bond acceptors (Lipinski definition) is 4. The van der Waals surface area contributed by atoms with Crippen LogP contribution in [0, 0.1) is 11.3 Å². The van der Waals surface area contributed by atoms with Crippen LogP contribution in [0.2, 0.25) is 5.02 Å². The maximum Gasteiger partial charge on any atom is 0.260 e. The smallest absolute Gasteiger partial charge is 0.260 e. The number of piperazine rings is 1. The Kier molecular flexibility index (Phi) is 5.22. The number of benzene rings is 1. The first kappa shape index (κ1) is 14.6. The molecule has 5 nitrogen and oxygen atoms in total. The number of ether oxygens (including phenoxy) is 1. The maximum atomic E-state index is 12.0. The van der Waals surface area contributed by atoms with Gasteiger partial charge in [0.1, 0.15) is 5.75 Å². The normalized spacial score (nSPS) is 15.7. The van der Waals surface area contributed by atoms with E-state index in [9.17, 15) is 4.79 Å². The van der Waals surface area contributed by atoms with Gasteiger partial charge in [-0.2, -0.15) is 5.26 Å². The van der Waals surface area contributed by atoms with E-state index in [-0.39, 0.29) is 12.5 Å². The Morgan fingerprint density at radius 3 is 2.50 bits per heavy atom. The summed E-state index contributed by atoms with van der Waals surface area (Å²) in [7, 11) is 0. The predicted octanol–water partition coefficient (Wildman–Crippen LogP) is 1.39. The van der Waals surface area contributed by atoms with E-state index >= 15 is 0 Å². The molecule has 0 N–H and O–H groups in total. The molecule has 1 heterocycles. The molecule has 1 aliphatic heterocycles. The topological polar surface area (TPSA) is 56.6 Å². The Morgan fingerprint density at radius 2 is 1.90 bits per heavy atom. The van der Waals surface area contributed by atoms with Gasteiger partial charge in [-0.25, -0.2) is 0 Å². The van der Waals surface area contributed by atoms with Gasteiger partial charge >= 0.3 is 0 Å². The van der Waals surface area contributed by atoms with Crippen molar-refractivity contribution < 1.29 is 9.53 Å². The fraction of sp³-hybridized carbons (Fsp3) is 0.429. The molecule has 1 saturated heterocycles. The standard InChI is InChI=1S/C14H16ClN3O2/c15-12-1-3-13(4-2-12)20-11-14(19)18-9-7-17(6-5-16)8-10-18/h1-4H,6-11H2. The lowest BCUT2D eigenvalue weighted by Crippen LogP contribution is -2.49. The molecule has 0 spiro atoms. The molecule has 1 aromatic carbocycles. The van der Waals surface area contributed by atoms with Gasteiger partial charge in [0, 0.05) is 31.2 Å². The minimum absolute atomic E-state index is 0.0277. The first-order valence-corrected chi connectivity index (χ1v) is 6.82. The van der Waals surface area contributed by atoms with Crippen LogP contribution in [0.4, 0.5) is 0 Å². The second kappa shape index (κ2) is 7.13. The third kappa shape index (κ3) is 4.12. The van der Waals surface area contributed by atoms with E-state index in [1.54, 1.807) is 29.2 Å². The quantitative estimate of drug-likeness (QED) is 0.787. The molecule has 0 radical (unpaired) electrons. The van der Waals surface area contributed by atoms with E-state index in [1.807, 2.05) is 4.90 Å². The van der Waals surface area contributed by atoms with Gasteiger partial charge in [0.05, 0.1) is 12.6 Å². The highest BCUT2D eigenvalue weighted by Gasteiger charge is 2.20. The summed E-state index contributed by atoms with van der Waals surface area (Å²) in [6.07, 6.45) is 0. The van der Waals surface area contributed by atoms with E-state index in [0.717, 1.165) is 13.1 Å². The number of halogens is 1. The van der Waals surface area contributed by atoms with E-state index in [1.165, 1.54) is 0 Å². The summed E-state index contributed by atoms with van der Waals surface area (Å²) in [5.41, 5.74) is 0. The van der Waals surface area contributed by atoms with Gasteiger partial charge in [-0.1, -0.05) is 11.6 Å². The second-order valence-corrected chi connectivity index (χ2v) is 4.99. The summed E-state index contributed by atoms with van der Waals surface area (Å²) in [4.78, 5) is 15.8. The van der Waals surface area contributed by atoms with Gasteiger partial charge in [-0.05, 0) is 24.3 Å². The van der Waals surface area contributed by atoms with Crippen molar-refractivity contribution in [3.63, 3.8) is 0 Å². The van der Waals surface area contributed by atoms with Crippen LogP contribution in [-0.2, 0) is 4.79 Å². The average molecular weight is 294 g/mol. The zero-order valence-electron chi connectivity index (χ0n) is 11.1. The van der Waals surface area contributed by atoms with Crippen LogP contribution in [-0.4, -0.2) is 55.0 Å². The first-order valence-electron chi connectivity index (χ1n) is 6.44. The molecule has 0 unspecified atom stereocenters. The van der Waals surface area contributed by atoms with Crippen molar-refractivity contribution in [2.45, 2.75) is 0 Å². The third-order valence-electron chi connectivity index (χ3n) is 3.20. The molecule has 1 fully saturated rings. The van der Waals surface area contributed by atoms with Crippen LogP contribution in [0.15, 0.2) is 24.3 Å². The molecule has 0 atom stereocenters. The van der Waals surface area contributed by atoms with Crippen molar-refractivity contribution in [2.24, 2.45) is 0 Å². The molecule has 1 aliphatic rings. The first-order chi connectivity index (χ1) is 9.69. The highest BCUT2D eigenvalue weighted by molar-refractivity contribution is 6.30. The Bertz CT molecular complexity index is 490.